The molecule has 0 aliphatic carbocycles. The summed E-state index contributed by atoms with van der Waals surface area (Å²) in [6.45, 7) is 5.96. The van der Waals surface area contributed by atoms with Gasteiger partial charge in [-0.15, -0.1) is 11.2 Å². The molecule has 12 heteroatoms. The van der Waals surface area contributed by atoms with Gasteiger partial charge in [-0.05, 0) is 67.9 Å². The van der Waals surface area contributed by atoms with Crippen molar-refractivity contribution in [3.05, 3.63) is 70.3 Å². The van der Waals surface area contributed by atoms with Gasteiger partial charge >= 0.3 is 6.03 Å². The van der Waals surface area contributed by atoms with Gasteiger partial charge in [-0.25, -0.2) is 4.79 Å². The van der Waals surface area contributed by atoms with Crippen LogP contribution in [-0.4, -0.2) is 113 Å². The molecule has 1 fully saturated rings. The van der Waals surface area contributed by atoms with Crippen molar-refractivity contribution < 1.29 is 34.4 Å². The predicted molar refractivity (Wildman–Crippen MR) is 183 cm³/mol. The lowest BCUT2D eigenvalue weighted by Gasteiger charge is -2.39. The third kappa shape index (κ3) is 10.5. The number of nitrogens with zero attached hydrogens (tertiary/aromatic N) is 2. The zero-order chi connectivity index (χ0) is 34.9. The molecule has 0 bridgehead atoms. The molecule has 2 aromatic carbocycles. The second kappa shape index (κ2) is 17.1. The third-order valence-electron chi connectivity index (χ3n) is 8.30. The monoisotopic (exact) mass is 670 g/mol. The van der Waals surface area contributed by atoms with E-state index in [2.05, 4.69) is 28.0 Å². The first-order valence-corrected chi connectivity index (χ1v) is 17.0. The number of hydrogen-bond acceptors (Lipinski definition) is 7. The highest BCUT2D eigenvalue weighted by Crippen LogP contribution is 2.33. The van der Waals surface area contributed by atoms with Crippen LogP contribution in [0.15, 0.2) is 42.5 Å². The Kier molecular flexibility index (Phi) is 13.8. The maximum absolute atomic E-state index is 12.7. The summed E-state index contributed by atoms with van der Waals surface area (Å²) in [6, 6.07) is 13.9. The quantitative estimate of drug-likeness (QED) is 0.233. The second-order valence-electron chi connectivity index (χ2n) is 12.8. The zero-order valence-corrected chi connectivity index (χ0v) is 29.3. The Hall–Kier alpha value is -3.51. The Balaban J connectivity index is 1.50. The minimum atomic E-state index is -1.35. The summed E-state index contributed by atoms with van der Waals surface area (Å²) in [7, 11) is 4.99. The van der Waals surface area contributed by atoms with E-state index in [0.29, 0.717) is 25.8 Å². The number of carbonyl (C=O) groups is 3. The van der Waals surface area contributed by atoms with Gasteiger partial charge < -0.3 is 40.5 Å². The Morgan fingerprint density at radius 1 is 0.979 bits per heavy atom. The number of amides is 4. The summed E-state index contributed by atoms with van der Waals surface area (Å²) >= 11 is 1.26. The lowest BCUT2D eigenvalue weighted by Crippen LogP contribution is -2.55. The lowest BCUT2D eigenvalue weighted by atomic mass is 9.89. The van der Waals surface area contributed by atoms with Crippen LogP contribution in [0, 0.1) is 12.1 Å². The van der Waals surface area contributed by atoms with Crippen molar-refractivity contribution in [2.45, 2.75) is 82.5 Å². The number of aliphatic hydroxyl groups excluding tert-OH is 3. The van der Waals surface area contributed by atoms with Crippen molar-refractivity contribution in [3.8, 4) is 5.18 Å². The molecule has 4 amide bonds. The van der Waals surface area contributed by atoms with Gasteiger partial charge in [0.2, 0.25) is 11.8 Å². The number of likely N-dealkylation sites (N-methyl/N-ethyl adjacent to an activating group) is 1. The fourth-order valence-electron chi connectivity index (χ4n) is 5.39. The van der Waals surface area contributed by atoms with E-state index in [0.717, 1.165) is 27.8 Å². The molecule has 5 atom stereocenters. The van der Waals surface area contributed by atoms with Crippen LogP contribution in [0.3, 0.4) is 0 Å². The molecule has 1 aliphatic rings. The normalized spacial score (nSPS) is 20.9. The van der Waals surface area contributed by atoms with Crippen LogP contribution >= 0.6 is 11.2 Å². The SMILES string of the molecule is CS#CC1O[C@@H](c2ccc(C)c(Cc3ccc(CCCC(=O)NC(C)(C)C(=O)NCCN(C)C(=O)N(C)C)cc3)c2)[C@H](O)[C@@H](O)[C@@H]1O. The summed E-state index contributed by atoms with van der Waals surface area (Å²) in [5, 5.41) is 39.9. The molecule has 258 valence electrons. The van der Waals surface area contributed by atoms with Crippen molar-refractivity contribution in [1.82, 2.24) is 20.4 Å². The van der Waals surface area contributed by atoms with Gasteiger partial charge in [0.1, 0.15) is 36.1 Å². The smallest absolute Gasteiger partial charge is 0.319 e. The van der Waals surface area contributed by atoms with E-state index in [1.807, 2.05) is 37.3 Å². The number of hydrogen-bond donors (Lipinski definition) is 5. The molecule has 1 unspecified atom stereocenters. The average molecular weight is 671 g/mol. The van der Waals surface area contributed by atoms with Crippen molar-refractivity contribution in [3.63, 3.8) is 0 Å². The number of ether oxygens (including phenoxy) is 1. The summed E-state index contributed by atoms with van der Waals surface area (Å²) in [5.41, 5.74) is 3.96. The molecule has 2 aromatic rings. The molecule has 11 nitrogen and oxygen atoms in total. The minimum Gasteiger partial charge on any atom is -0.387 e. The van der Waals surface area contributed by atoms with Gasteiger partial charge in [-0.2, -0.15) is 0 Å². The second-order valence-corrected chi connectivity index (χ2v) is 13.5. The number of aryl methyl sites for hydroxylation is 2. The Morgan fingerprint density at radius 3 is 2.28 bits per heavy atom. The molecule has 1 saturated heterocycles. The first-order valence-electron chi connectivity index (χ1n) is 15.8. The van der Waals surface area contributed by atoms with Crippen molar-refractivity contribution in [2.75, 3.05) is 40.5 Å². The van der Waals surface area contributed by atoms with Crippen LogP contribution in [0.5, 0.6) is 0 Å². The molecule has 1 aliphatic heterocycles. The van der Waals surface area contributed by atoms with E-state index in [1.54, 1.807) is 41.2 Å². The largest absolute Gasteiger partial charge is 0.387 e. The molecule has 0 aromatic heterocycles. The number of nitrogens with one attached hydrogen (secondary N) is 2. The molecule has 5 N–H and O–H groups in total. The van der Waals surface area contributed by atoms with Crippen LogP contribution in [0.2, 0.25) is 0 Å². The van der Waals surface area contributed by atoms with E-state index in [4.69, 9.17) is 4.74 Å². The molecule has 0 saturated carbocycles. The summed E-state index contributed by atoms with van der Waals surface area (Å²) in [5.74, 6) is -0.523. The summed E-state index contributed by atoms with van der Waals surface area (Å²) in [4.78, 5) is 40.2. The summed E-state index contributed by atoms with van der Waals surface area (Å²) < 4.78 is 5.94. The van der Waals surface area contributed by atoms with Gasteiger partial charge in [-0.3, -0.25) is 9.59 Å². The van der Waals surface area contributed by atoms with Crippen molar-refractivity contribution in [2.24, 2.45) is 0 Å². The third-order valence-corrected chi connectivity index (χ3v) is 8.77. The Bertz CT molecular complexity index is 1450. The fraction of sp³-hybridized carbons (Fsp3) is 0.543. The molecule has 0 radical (unpaired) electrons. The maximum Gasteiger partial charge on any atom is 0.319 e. The highest BCUT2D eigenvalue weighted by molar-refractivity contribution is 7.87. The van der Waals surface area contributed by atoms with Crippen LogP contribution in [-0.2, 0) is 27.2 Å². The van der Waals surface area contributed by atoms with Crippen LogP contribution in [0.1, 0.15) is 60.6 Å². The molecule has 3 rings (SSSR count). The molecular weight excluding hydrogens is 620 g/mol. The highest BCUT2D eigenvalue weighted by Gasteiger charge is 2.43. The van der Waals surface area contributed by atoms with Gasteiger partial charge in [0.25, 0.3) is 0 Å². The maximum atomic E-state index is 12.7. The van der Waals surface area contributed by atoms with E-state index in [9.17, 15) is 29.7 Å². The number of benzene rings is 2. The van der Waals surface area contributed by atoms with Gasteiger partial charge in [0, 0.05) is 46.9 Å². The van der Waals surface area contributed by atoms with Crippen LogP contribution < -0.4 is 10.6 Å². The Labute approximate surface area is 281 Å². The Morgan fingerprint density at radius 2 is 1.64 bits per heavy atom. The van der Waals surface area contributed by atoms with E-state index in [1.165, 1.54) is 21.0 Å². The topological polar surface area (TPSA) is 152 Å². The number of rotatable bonds is 12. The first-order chi connectivity index (χ1) is 22.1. The molecule has 47 heavy (non-hydrogen) atoms. The molecule has 1 heterocycles. The number of carbonyl (C=O) groups excluding carboxylic acids is 3. The van der Waals surface area contributed by atoms with E-state index >= 15 is 0 Å². The van der Waals surface area contributed by atoms with Crippen molar-refractivity contribution >= 4 is 29.0 Å². The highest BCUT2D eigenvalue weighted by atomic mass is 32.1. The zero-order valence-electron chi connectivity index (χ0n) is 28.4. The average Bonchev–Trinajstić information content (AvgIpc) is 3.02. The molecular formula is C35H50N4O7S. The molecule has 0 spiro atoms. The van der Waals surface area contributed by atoms with Gasteiger partial charge in [-0.1, -0.05) is 47.6 Å². The van der Waals surface area contributed by atoms with Gasteiger partial charge in [0.15, 0.2) is 0 Å². The fourth-order valence-corrected chi connectivity index (χ4v) is 5.81. The van der Waals surface area contributed by atoms with Crippen molar-refractivity contribution in [1.29, 1.82) is 0 Å². The minimum absolute atomic E-state index is 0.156. The number of urea groups is 1. The van der Waals surface area contributed by atoms with Crippen LogP contribution in [0.4, 0.5) is 4.79 Å². The summed E-state index contributed by atoms with van der Waals surface area (Å²) in [6.07, 6.45) is -1.45. The predicted octanol–water partition coefficient (Wildman–Crippen LogP) is 2.38. The van der Waals surface area contributed by atoms with E-state index < -0.39 is 36.1 Å². The lowest BCUT2D eigenvalue weighted by molar-refractivity contribution is -0.209. The van der Waals surface area contributed by atoms with E-state index in [-0.39, 0.29) is 30.8 Å². The standard InChI is InChI=1S/C35H50N4O7S/c1-22-11-16-25(32-31(43)30(42)29(41)27(46-32)21-47-7)20-26(22)19-24-14-12-23(13-15-24)9-8-10-28(40)37-35(2,3)33(44)36-17-18-39(6)34(45)38(4)5/h11-16,20,27,29-32,41-43H,8-10,17-19H2,1-7H3,(H,36,44)(H,37,40)/t27?,29-,30+,31-,32+/m1/s1. The van der Waals surface area contributed by atoms with Crippen LogP contribution in [0.25, 0.3) is 0 Å². The first kappa shape index (κ1) is 37.9. The van der Waals surface area contributed by atoms with Gasteiger partial charge in [0.05, 0.1) is 0 Å². The number of aliphatic hydroxyl groups is 3.